The number of hydrogen-bond donors (Lipinski definition) is 0. The Hall–Kier alpha value is -1.44. The van der Waals surface area contributed by atoms with Crippen LogP contribution in [0.15, 0.2) is 22.5 Å². The van der Waals surface area contributed by atoms with Gasteiger partial charge in [-0.25, -0.2) is 4.99 Å². The van der Waals surface area contributed by atoms with Gasteiger partial charge < -0.3 is 0 Å². The van der Waals surface area contributed by atoms with Crippen LogP contribution in [0.4, 0.5) is 5.00 Å². The Bertz CT molecular complexity index is 615. The second-order valence-electron chi connectivity index (χ2n) is 4.28. The number of nitriles is 1. The van der Waals surface area contributed by atoms with Crippen LogP contribution >= 0.6 is 22.7 Å². The molecule has 0 unspecified atom stereocenters. The van der Waals surface area contributed by atoms with E-state index in [0.717, 1.165) is 28.3 Å². The van der Waals surface area contributed by atoms with Crippen LogP contribution < -0.4 is 0 Å². The van der Waals surface area contributed by atoms with Crippen LogP contribution in [0.5, 0.6) is 0 Å². The summed E-state index contributed by atoms with van der Waals surface area (Å²) in [6, 6.07) is 6.38. The molecule has 0 aromatic carbocycles. The van der Waals surface area contributed by atoms with Crippen LogP contribution in [0.3, 0.4) is 0 Å². The summed E-state index contributed by atoms with van der Waals surface area (Å²) in [5.41, 5.74) is 2.06. The number of thiophene rings is 2. The molecule has 4 heteroatoms. The lowest BCUT2D eigenvalue weighted by Crippen LogP contribution is -1.99. The van der Waals surface area contributed by atoms with Gasteiger partial charge in [-0.3, -0.25) is 0 Å². The monoisotopic (exact) mass is 272 g/mol. The third-order valence-corrected chi connectivity index (χ3v) is 5.12. The van der Waals surface area contributed by atoms with Crippen molar-refractivity contribution in [2.45, 2.75) is 25.7 Å². The first-order valence-electron chi connectivity index (χ1n) is 6.00. The fourth-order valence-electron chi connectivity index (χ4n) is 2.24. The molecule has 2 heterocycles. The summed E-state index contributed by atoms with van der Waals surface area (Å²) in [5.74, 6) is 0. The van der Waals surface area contributed by atoms with E-state index >= 15 is 0 Å². The van der Waals surface area contributed by atoms with Crippen molar-refractivity contribution < 1.29 is 0 Å². The van der Waals surface area contributed by atoms with Crippen LogP contribution in [-0.4, -0.2) is 6.21 Å². The van der Waals surface area contributed by atoms with E-state index in [1.165, 1.54) is 23.3 Å². The molecule has 1 aliphatic rings. The Morgan fingerprint density at radius 3 is 3.00 bits per heavy atom. The van der Waals surface area contributed by atoms with Crippen LogP contribution in [0, 0.1) is 11.3 Å². The van der Waals surface area contributed by atoms with Gasteiger partial charge in [0.2, 0.25) is 0 Å². The van der Waals surface area contributed by atoms with Crippen LogP contribution in [0.2, 0.25) is 0 Å². The Kier molecular flexibility index (Phi) is 3.26. The van der Waals surface area contributed by atoms with Crippen molar-refractivity contribution in [3.05, 3.63) is 38.4 Å². The van der Waals surface area contributed by atoms with Gasteiger partial charge in [-0.2, -0.15) is 5.26 Å². The van der Waals surface area contributed by atoms with Crippen molar-refractivity contribution in [1.82, 2.24) is 0 Å². The molecule has 0 bridgehead atoms. The number of fused-ring (bicyclic) bond motifs is 1. The molecule has 0 amide bonds. The van der Waals surface area contributed by atoms with Crippen LogP contribution in [0.25, 0.3) is 0 Å². The molecule has 90 valence electrons. The van der Waals surface area contributed by atoms with E-state index in [-0.39, 0.29) is 0 Å². The van der Waals surface area contributed by atoms with E-state index < -0.39 is 0 Å². The lowest BCUT2D eigenvalue weighted by Gasteiger charge is -2.09. The molecule has 2 nitrogen and oxygen atoms in total. The number of rotatable bonds is 2. The summed E-state index contributed by atoms with van der Waals surface area (Å²) in [6.07, 6.45) is 6.47. The topological polar surface area (TPSA) is 36.1 Å². The summed E-state index contributed by atoms with van der Waals surface area (Å²) < 4.78 is 0. The van der Waals surface area contributed by atoms with Crippen molar-refractivity contribution in [3.8, 4) is 6.07 Å². The normalized spacial score (nSPS) is 14.6. The Morgan fingerprint density at radius 1 is 1.33 bits per heavy atom. The predicted molar refractivity (Wildman–Crippen MR) is 77.2 cm³/mol. The smallest absolute Gasteiger partial charge is 0.134 e. The summed E-state index contributed by atoms with van der Waals surface area (Å²) in [5, 5.41) is 12.2. The lowest BCUT2D eigenvalue weighted by atomic mass is 9.96. The van der Waals surface area contributed by atoms with E-state index in [2.05, 4.69) is 11.1 Å². The molecule has 0 aliphatic heterocycles. The number of aryl methyl sites for hydroxylation is 1. The highest BCUT2D eigenvalue weighted by Gasteiger charge is 2.19. The van der Waals surface area contributed by atoms with Crippen LogP contribution in [0.1, 0.15) is 33.7 Å². The lowest BCUT2D eigenvalue weighted by molar-refractivity contribution is 0.696. The van der Waals surface area contributed by atoms with Crippen LogP contribution in [-0.2, 0) is 12.8 Å². The predicted octanol–water partition coefficient (Wildman–Crippen LogP) is 4.31. The highest BCUT2D eigenvalue weighted by Crippen LogP contribution is 2.39. The molecular weight excluding hydrogens is 260 g/mol. The Labute approximate surface area is 114 Å². The molecular formula is C14H12N2S2. The van der Waals surface area contributed by atoms with Gasteiger partial charge in [-0.1, -0.05) is 6.07 Å². The Balaban J connectivity index is 1.97. The Morgan fingerprint density at radius 2 is 2.22 bits per heavy atom. The van der Waals surface area contributed by atoms with Gasteiger partial charge in [0, 0.05) is 16.0 Å². The molecule has 0 saturated heterocycles. The second-order valence-corrected chi connectivity index (χ2v) is 6.34. The number of hydrogen-bond acceptors (Lipinski definition) is 4. The molecule has 0 N–H and O–H groups in total. The molecule has 0 atom stereocenters. The average molecular weight is 272 g/mol. The van der Waals surface area contributed by atoms with E-state index in [0.29, 0.717) is 0 Å². The third-order valence-electron chi connectivity index (χ3n) is 3.12. The fraction of sp³-hybridized carbons (Fsp3) is 0.286. The zero-order valence-corrected chi connectivity index (χ0v) is 11.5. The minimum absolute atomic E-state index is 0.808. The summed E-state index contributed by atoms with van der Waals surface area (Å²) in [4.78, 5) is 7.01. The first-order chi connectivity index (χ1) is 8.88. The fourth-order valence-corrected chi connectivity index (χ4v) is 4.01. The van der Waals surface area contributed by atoms with Gasteiger partial charge in [0.15, 0.2) is 0 Å². The molecule has 18 heavy (non-hydrogen) atoms. The van der Waals surface area contributed by atoms with Gasteiger partial charge in [0.1, 0.15) is 11.1 Å². The van der Waals surface area contributed by atoms with Gasteiger partial charge >= 0.3 is 0 Å². The van der Waals surface area contributed by atoms with Gasteiger partial charge in [-0.05, 0) is 42.7 Å². The minimum Gasteiger partial charge on any atom is -0.243 e. The molecule has 0 spiro atoms. The summed E-state index contributed by atoms with van der Waals surface area (Å²) >= 11 is 3.36. The molecule has 2 aromatic rings. The number of nitrogens with zero attached hydrogens (tertiary/aromatic N) is 2. The van der Waals surface area contributed by atoms with Gasteiger partial charge in [0.25, 0.3) is 0 Å². The third kappa shape index (κ3) is 2.12. The maximum absolute atomic E-state index is 9.31. The van der Waals surface area contributed by atoms with Crippen molar-refractivity contribution in [2.75, 3.05) is 0 Å². The molecule has 0 radical (unpaired) electrons. The number of aliphatic imine (C=N–C) groups is 1. The van der Waals surface area contributed by atoms with Crippen molar-refractivity contribution >= 4 is 33.9 Å². The van der Waals surface area contributed by atoms with Gasteiger partial charge in [0.05, 0.1) is 5.56 Å². The van der Waals surface area contributed by atoms with E-state index in [4.69, 9.17) is 0 Å². The van der Waals surface area contributed by atoms with E-state index in [1.54, 1.807) is 22.7 Å². The highest BCUT2D eigenvalue weighted by atomic mass is 32.1. The summed E-state index contributed by atoms with van der Waals surface area (Å²) in [7, 11) is 0. The minimum atomic E-state index is 0.808. The van der Waals surface area contributed by atoms with Gasteiger partial charge in [-0.15, -0.1) is 22.7 Å². The second kappa shape index (κ2) is 5.05. The molecule has 0 saturated carbocycles. The molecule has 3 rings (SSSR count). The first kappa shape index (κ1) is 11.6. The molecule has 2 aromatic heterocycles. The standard InChI is InChI=1S/C14H12N2S2/c15-8-12-11-5-1-2-6-13(11)18-14(12)16-9-10-4-3-7-17-10/h3-4,7,9H,1-2,5-6H2/b16-9+. The molecule has 0 fully saturated rings. The zero-order chi connectivity index (χ0) is 12.4. The van der Waals surface area contributed by atoms with E-state index in [1.807, 2.05) is 23.7 Å². The van der Waals surface area contributed by atoms with Crippen molar-refractivity contribution in [3.63, 3.8) is 0 Å². The highest BCUT2D eigenvalue weighted by molar-refractivity contribution is 7.16. The first-order valence-corrected chi connectivity index (χ1v) is 7.70. The summed E-state index contributed by atoms with van der Waals surface area (Å²) in [6.45, 7) is 0. The van der Waals surface area contributed by atoms with Crippen molar-refractivity contribution in [2.24, 2.45) is 4.99 Å². The van der Waals surface area contributed by atoms with E-state index in [9.17, 15) is 5.26 Å². The van der Waals surface area contributed by atoms with Crippen molar-refractivity contribution in [1.29, 1.82) is 5.26 Å². The average Bonchev–Trinajstić information content (AvgIpc) is 3.03. The largest absolute Gasteiger partial charge is 0.243 e. The SMILES string of the molecule is N#Cc1c(/N=C/c2cccs2)sc2c1CCCC2. The maximum atomic E-state index is 9.31. The quantitative estimate of drug-likeness (QED) is 0.750. The zero-order valence-electron chi connectivity index (χ0n) is 9.85. The molecule has 1 aliphatic carbocycles. The maximum Gasteiger partial charge on any atom is 0.134 e.